The average Bonchev–Trinajstić information content (AvgIpc) is 2.83. The standard InChI is InChI=1S/C13H16N2O2S/c1-8-13(18-7-15-8)12(14)9-4-5-10(16-2)11(6-9)17-3/h4-7,12H,14H2,1-3H3. The highest BCUT2D eigenvalue weighted by Crippen LogP contribution is 2.33. The smallest absolute Gasteiger partial charge is 0.161 e. The van der Waals surface area contributed by atoms with Crippen LogP contribution in [0.2, 0.25) is 0 Å². The summed E-state index contributed by atoms with van der Waals surface area (Å²) in [6.45, 7) is 1.96. The molecule has 4 nitrogen and oxygen atoms in total. The van der Waals surface area contributed by atoms with Crippen LogP contribution in [0.15, 0.2) is 23.7 Å². The van der Waals surface area contributed by atoms with E-state index in [9.17, 15) is 0 Å². The third-order valence-electron chi connectivity index (χ3n) is 2.83. The van der Waals surface area contributed by atoms with Gasteiger partial charge in [0.25, 0.3) is 0 Å². The molecule has 0 spiro atoms. The second-order valence-corrected chi connectivity index (χ2v) is 4.78. The molecule has 0 aliphatic rings. The molecule has 5 heteroatoms. The summed E-state index contributed by atoms with van der Waals surface area (Å²) >= 11 is 1.57. The molecule has 0 amide bonds. The van der Waals surface area contributed by atoms with E-state index in [4.69, 9.17) is 15.2 Å². The van der Waals surface area contributed by atoms with Gasteiger partial charge in [-0.1, -0.05) is 6.07 Å². The third-order valence-corrected chi connectivity index (χ3v) is 3.85. The van der Waals surface area contributed by atoms with Crippen molar-refractivity contribution in [1.29, 1.82) is 0 Å². The van der Waals surface area contributed by atoms with Crippen LogP contribution in [0.5, 0.6) is 11.5 Å². The number of ether oxygens (including phenoxy) is 2. The Bertz CT molecular complexity index is 540. The quantitative estimate of drug-likeness (QED) is 0.922. The lowest BCUT2D eigenvalue weighted by atomic mass is 10.0. The molecule has 18 heavy (non-hydrogen) atoms. The van der Waals surface area contributed by atoms with Gasteiger partial charge in [0.2, 0.25) is 0 Å². The molecule has 0 radical (unpaired) electrons. The van der Waals surface area contributed by atoms with E-state index in [1.807, 2.05) is 30.6 Å². The van der Waals surface area contributed by atoms with E-state index >= 15 is 0 Å². The van der Waals surface area contributed by atoms with Crippen LogP contribution in [-0.2, 0) is 0 Å². The van der Waals surface area contributed by atoms with Crippen molar-refractivity contribution in [3.63, 3.8) is 0 Å². The Morgan fingerprint density at radius 3 is 2.50 bits per heavy atom. The van der Waals surface area contributed by atoms with E-state index in [2.05, 4.69) is 4.98 Å². The van der Waals surface area contributed by atoms with Gasteiger partial charge in [-0.05, 0) is 24.6 Å². The van der Waals surface area contributed by atoms with Gasteiger partial charge in [-0.15, -0.1) is 11.3 Å². The Morgan fingerprint density at radius 1 is 1.22 bits per heavy atom. The second-order valence-electron chi connectivity index (χ2n) is 3.89. The average molecular weight is 264 g/mol. The molecule has 0 aliphatic heterocycles. The molecule has 0 aliphatic carbocycles. The van der Waals surface area contributed by atoms with Gasteiger partial charge in [0.05, 0.1) is 31.5 Å². The molecule has 96 valence electrons. The number of hydrogen-bond acceptors (Lipinski definition) is 5. The topological polar surface area (TPSA) is 57.4 Å². The van der Waals surface area contributed by atoms with Crippen LogP contribution in [0.25, 0.3) is 0 Å². The molecule has 0 bridgehead atoms. The maximum Gasteiger partial charge on any atom is 0.161 e. The Labute approximate surface area is 110 Å². The summed E-state index contributed by atoms with van der Waals surface area (Å²) in [5.74, 6) is 1.39. The van der Waals surface area contributed by atoms with Gasteiger partial charge in [0.1, 0.15) is 0 Å². The normalized spacial score (nSPS) is 12.2. The number of rotatable bonds is 4. The molecule has 0 fully saturated rings. The molecule has 0 saturated carbocycles. The van der Waals surface area contributed by atoms with E-state index in [1.54, 1.807) is 25.6 Å². The van der Waals surface area contributed by atoms with Crippen LogP contribution >= 0.6 is 11.3 Å². The molecule has 1 heterocycles. The minimum Gasteiger partial charge on any atom is -0.493 e. The van der Waals surface area contributed by atoms with Gasteiger partial charge in [-0.2, -0.15) is 0 Å². The highest BCUT2D eigenvalue weighted by molar-refractivity contribution is 7.09. The largest absolute Gasteiger partial charge is 0.493 e. The third kappa shape index (κ3) is 2.32. The summed E-state index contributed by atoms with van der Waals surface area (Å²) in [5, 5.41) is 0. The maximum absolute atomic E-state index is 6.25. The van der Waals surface area contributed by atoms with Crippen molar-refractivity contribution >= 4 is 11.3 Å². The van der Waals surface area contributed by atoms with E-state index in [0.29, 0.717) is 11.5 Å². The van der Waals surface area contributed by atoms with Crippen LogP contribution in [0.1, 0.15) is 22.2 Å². The number of aromatic nitrogens is 1. The Kier molecular flexibility index (Phi) is 3.84. The minimum atomic E-state index is -0.183. The highest BCUT2D eigenvalue weighted by Gasteiger charge is 2.16. The van der Waals surface area contributed by atoms with Crippen LogP contribution in [0.3, 0.4) is 0 Å². The predicted molar refractivity (Wildman–Crippen MR) is 72.4 cm³/mol. The Balaban J connectivity index is 2.37. The number of nitrogens with two attached hydrogens (primary N) is 1. The fourth-order valence-corrected chi connectivity index (χ4v) is 2.64. The van der Waals surface area contributed by atoms with Crippen molar-refractivity contribution in [1.82, 2.24) is 4.98 Å². The maximum atomic E-state index is 6.25. The van der Waals surface area contributed by atoms with Gasteiger partial charge in [0, 0.05) is 4.88 Å². The van der Waals surface area contributed by atoms with Gasteiger partial charge in [0.15, 0.2) is 11.5 Å². The molecule has 0 saturated heterocycles. The molecule has 2 rings (SSSR count). The first kappa shape index (κ1) is 12.9. The zero-order valence-corrected chi connectivity index (χ0v) is 11.5. The number of hydrogen-bond donors (Lipinski definition) is 1. The van der Waals surface area contributed by atoms with Crippen molar-refractivity contribution in [2.75, 3.05) is 14.2 Å². The summed E-state index contributed by atoms with van der Waals surface area (Å²) in [4.78, 5) is 5.29. The first-order valence-corrected chi connectivity index (χ1v) is 6.42. The van der Waals surface area contributed by atoms with Crippen molar-refractivity contribution in [3.05, 3.63) is 39.8 Å². The molecule has 2 aromatic rings. The van der Waals surface area contributed by atoms with Crippen molar-refractivity contribution in [3.8, 4) is 11.5 Å². The van der Waals surface area contributed by atoms with Crippen LogP contribution in [0.4, 0.5) is 0 Å². The van der Waals surface area contributed by atoms with Crippen molar-refractivity contribution in [2.24, 2.45) is 5.73 Å². The number of benzene rings is 1. The summed E-state index contributed by atoms with van der Waals surface area (Å²) in [7, 11) is 3.23. The van der Waals surface area contributed by atoms with E-state index in [0.717, 1.165) is 16.1 Å². The Morgan fingerprint density at radius 2 is 1.94 bits per heavy atom. The number of methoxy groups -OCH3 is 2. The lowest BCUT2D eigenvalue weighted by Gasteiger charge is -2.14. The van der Waals surface area contributed by atoms with Crippen LogP contribution < -0.4 is 15.2 Å². The van der Waals surface area contributed by atoms with E-state index in [-0.39, 0.29) is 6.04 Å². The zero-order chi connectivity index (χ0) is 13.1. The molecule has 1 atom stereocenters. The fraction of sp³-hybridized carbons (Fsp3) is 0.308. The number of nitrogens with zero attached hydrogens (tertiary/aromatic N) is 1. The lowest BCUT2D eigenvalue weighted by molar-refractivity contribution is 0.354. The summed E-state index contributed by atoms with van der Waals surface area (Å²) in [6.07, 6.45) is 0. The number of thiazole rings is 1. The summed E-state index contributed by atoms with van der Waals surface area (Å²) in [6, 6.07) is 5.54. The first-order valence-electron chi connectivity index (χ1n) is 5.55. The molecular weight excluding hydrogens is 248 g/mol. The molecule has 1 aromatic heterocycles. The Hall–Kier alpha value is -1.59. The number of aryl methyl sites for hydroxylation is 1. The SMILES string of the molecule is COc1ccc(C(N)c2scnc2C)cc1OC. The van der Waals surface area contributed by atoms with Crippen LogP contribution in [-0.4, -0.2) is 19.2 Å². The first-order chi connectivity index (χ1) is 8.67. The monoisotopic (exact) mass is 264 g/mol. The van der Waals surface area contributed by atoms with Crippen molar-refractivity contribution < 1.29 is 9.47 Å². The van der Waals surface area contributed by atoms with Gasteiger partial charge in [-0.3, -0.25) is 0 Å². The van der Waals surface area contributed by atoms with E-state index in [1.165, 1.54) is 0 Å². The van der Waals surface area contributed by atoms with Gasteiger partial charge < -0.3 is 15.2 Å². The van der Waals surface area contributed by atoms with Gasteiger partial charge >= 0.3 is 0 Å². The highest BCUT2D eigenvalue weighted by atomic mass is 32.1. The second kappa shape index (κ2) is 5.37. The molecule has 1 unspecified atom stereocenters. The van der Waals surface area contributed by atoms with E-state index < -0.39 is 0 Å². The fourth-order valence-electron chi connectivity index (χ4n) is 1.81. The molecule has 1 aromatic carbocycles. The van der Waals surface area contributed by atoms with Gasteiger partial charge in [-0.25, -0.2) is 4.98 Å². The molecule has 2 N–H and O–H groups in total. The minimum absolute atomic E-state index is 0.183. The van der Waals surface area contributed by atoms with Crippen LogP contribution in [0, 0.1) is 6.92 Å². The van der Waals surface area contributed by atoms with Crippen molar-refractivity contribution in [2.45, 2.75) is 13.0 Å². The zero-order valence-electron chi connectivity index (χ0n) is 10.6. The predicted octanol–water partition coefficient (Wildman–Crippen LogP) is 2.52. The summed E-state index contributed by atoms with van der Waals surface area (Å²) < 4.78 is 10.5. The molecular formula is C13H16N2O2S. The summed E-state index contributed by atoms with van der Waals surface area (Å²) in [5.41, 5.74) is 10.0. The lowest BCUT2D eigenvalue weighted by Crippen LogP contribution is -2.11.